The standard InChI is InChI=1S/C20H32N4O2/c1-14-11-15(2)23-20(22-14)24-9-7-16(8-10-24)13-21-19(25)17-5-4-6-18(12-17)26-3/h11,16-18H,4-10,12-13H2,1-3H3,(H,21,25)/t17-,18-/m0/s1. The predicted molar refractivity (Wildman–Crippen MR) is 102 cm³/mol. The van der Waals surface area contributed by atoms with Gasteiger partial charge in [0, 0.05) is 44.0 Å². The Balaban J connectivity index is 1.43. The van der Waals surface area contributed by atoms with Crippen LogP contribution in [0.4, 0.5) is 5.95 Å². The Bertz CT molecular complexity index is 594. The van der Waals surface area contributed by atoms with Gasteiger partial charge in [0.05, 0.1) is 6.10 Å². The fourth-order valence-electron chi connectivity index (χ4n) is 4.17. The van der Waals surface area contributed by atoms with E-state index in [2.05, 4.69) is 20.2 Å². The molecule has 1 amide bonds. The van der Waals surface area contributed by atoms with Crippen LogP contribution in [-0.4, -0.2) is 48.7 Å². The average Bonchev–Trinajstić information content (AvgIpc) is 2.65. The zero-order chi connectivity index (χ0) is 18.5. The Kier molecular flexibility index (Phi) is 6.46. The molecule has 2 atom stereocenters. The van der Waals surface area contributed by atoms with E-state index in [9.17, 15) is 4.79 Å². The summed E-state index contributed by atoms with van der Waals surface area (Å²) in [6.45, 7) is 6.73. The van der Waals surface area contributed by atoms with Crippen molar-refractivity contribution in [3.05, 3.63) is 17.5 Å². The number of nitrogens with zero attached hydrogens (tertiary/aromatic N) is 3. The van der Waals surface area contributed by atoms with Crippen molar-refractivity contribution in [3.63, 3.8) is 0 Å². The Morgan fingerprint density at radius 1 is 1.19 bits per heavy atom. The molecule has 0 unspecified atom stereocenters. The quantitative estimate of drug-likeness (QED) is 0.874. The van der Waals surface area contributed by atoms with Gasteiger partial charge in [-0.05, 0) is 57.9 Å². The zero-order valence-corrected chi connectivity index (χ0v) is 16.3. The highest BCUT2D eigenvalue weighted by Crippen LogP contribution is 2.26. The molecule has 0 aromatic carbocycles. The number of carbonyl (C=O) groups is 1. The number of rotatable bonds is 5. The summed E-state index contributed by atoms with van der Waals surface area (Å²) in [6, 6.07) is 2.01. The molecule has 0 spiro atoms. The molecule has 0 bridgehead atoms. The summed E-state index contributed by atoms with van der Waals surface area (Å²) in [7, 11) is 1.75. The van der Waals surface area contributed by atoms with Crippen LogP contribution in [0.25, 0.3) is 0 Å². The third-order valence-corrected chi connectivity index (χ3v) is 5.76. The van der Waals surface area contributed by atoms with Crippen LogP contribution in [0.15, 0.2) is 6.07 Å². The molecule has 1 saturated carbocycles. The van der Waals surface area contributed by atoms with Gasteiger partial charge in [0.15, 0.2) is 0 Å². The Morgan fingerprint density at radius 3 is 2.54 bits per heavy atom. The number of anilines is 1. The van der Waals surface area contributed by atoms with Crippen LogP contribution in [-0.2, 0) is 9.53 Å². The first-order valence-electron chi connectivity index (χ1n) is 9.93. The molecule has 2 heterocycles. The lowest BCUT2D eigenvalue weighted by Gasteiger charge is -2.33. The topological polar surface area (TPSA) is 67.3 Å². The maximum atomic E-state index is 12.5. The van der Waals surface area contributed by atoms with Crippen molar-refractivity contribution in [2.24, 2.45) is 11.8 Å². The Morgan fingerprint density at radius 2 is 1.88 bits per heavy atom. The normalized spacial score (nSPS) is 24.5. The molecule has 1 saturated heterocycles. The number of hydrogen-bond acceptors (Lipinski definition) is 5. The van der Waals surface area contributed by atoms with E-state index in [4.69, 9.17) is 4.74 Å². The monoisotopic (exact) mass is 360 g/mol. The van der Waals surface area contributed by atoms with Crippen molar-refractivity contribution in [3.8, 4) is 0 Å². The van der Waals surface area contributed by atoms with Gasteiger partial charge in [0.1, 0.15) is 0 Å². The van der Waals surface area contributed by atoms with Crippen molar-refractivity contribution in [2.75, 3.05) is 31.6 Å². The molecular weight excluding hydrogens is 328 g/mol. The van der Waals surface area contributed by atoms with E-state index >= 15 is 0 Å². The lowest BCUT2D eigenvalue weighted by Crippen LogP contribution is -2.42. The van der Waals surface area contributed by atoms with Gasteiger partial charge in [-0.3, -0.25) is 4.79 Å². The van der Waals surface area contributed by atoms with Crippen LogP contribution < -0.4 is 10.2 Å². The van der Waals surface area contributed by atoms with Gasteiger partial charge in [0.2, 0.25) is 11.9 Å². The van der Waals surface area contributed by atoms with E-state index in [1.54, 1.807) is 7.11 Å². The molecule has 1 aromatic heterocycles. The molecule has 1 aliphatic heterocycles. The maximum absolute atomic E-state index is 12.5. The second kappa shape index (κ2) is 8.80. The van der Waals surface area contributed by atoms with Gasteiger partial charge in [-0.1, -0.05) is 6.42 Å². The van der Waals surface area contributed by atoms with Crippen LogP contribution in [0.3, 0.4) is 0 Å². The van der Waals surface area contributed by atoms with Crippen molar-refractivity contribution in [1.82, 2.24) is 15.3 Å². The fraction of sp³-hybridized carbons (Fsp3) is 0.750. The lowest BCUT2D eigenvalue weighted by molar-refractivity contribution is -0.127. The highest BCUT2D eigenvalue weighted by Gasteiger charge is 2.28. The first-order chi connectivity index (χ1) is 12.5. The third kappa shape index (κ3) is 4.93. The number of amides is 1. The van der Waals surface area contributed by atoms with Gasteiger partial charge in [0.25, 0.3) is 0 Å². The van der Waals surface area contributed by atoms with Gasteiger partial charge >= 0.3 is 0 Å². The molecular formula is C20H32N4O2. The molecule has 1 aliphatic carbocycles. The van der Waals surface area contributed by atoms with Crippen molar-refractivity contribution in [1.29, 1.82) is 0 Å². The van der Waals surface area contributed by atoms with Gasteiger partial charge in [-0.2, -0.15) is 0 Å². The number of hydrogen-bond donors (Lipinski definition) is 1. The van der Waals surface area contributed by atoms with E-state index in [1.165, 1.54) is 0 Å². The van der Waals surface area contributed by atoms with Crippen LogP contribution >= 0.6 is 0 Å². The number of aryl methyl sites for hydroxylation is 2. The highest BCUT2D eigenvalue weighted by atomic mass is 16.5. The number of nitrogens with one attached hydrogen (secondary N) is 1. The molecule has 6 heteroatoms. The summed E-state index contributed by atoms with van der Waals surface area (Å²) >= 11 is 0. The number of piperidine rings is 1. The summed E-state index contributed by atoms with van der Waals surface area (Å²) in [5, 5.41) is 3.20. The third-order valence-electron chi connectivity index (χ3n) is 5.76. The van der Waals surface area contributed by atoms with Crippen LogP contribution in [0.5, 0.6) is 0 Å². The van der Waals surface area contributed by atoms with Crippen molar-refractivity contribution >= 4 is 11.9 Å². The molecule has 1 aromatic rings. The van der Waals surface area contributed by atoms with Crippen molar-refractivity contribution < 1.29 is 9.53 Å². The number of aromatic nitrogens is 2. The first-order valence-corrected chi connectivity index (χ1v) is 9.93. The van der Waals surface area contributed by atoms with Gasteiger partial charge in [-0.15, -0.1) is 0 Å². The van der Waals surface area contributed by atoms with Gasteiger partial charge in [-0.25, -0.2) is 9.97 Å². The molecule has 144 valence electrons. The number of methoxy groups -OCH3 is 1. The minimum atomic E-state index is 0.123. The molecule has 0 radical (unpaired) electrons. The van der Waals surface area contributed by atoms with Crippen LogP contribution in [0.1, 0.15) is 49.9 Å². The minimum absolute atomic E-state index is 0.123. The van der Waals surface area contributed by atoms with E-state index in [0.29, 0.717) is 5.92 Å². The molecule has 1 N–H and O–H groups in total. The number of ether oxygens (including phenoxy) is 1. The predicted octanol–water partition coefficient (Wildman–Crippen LogP) is 2.63. The average molecular weight is 361 g/mol. The minimum Gasteiger partial charge on any atom is -0.381 e. The van der Waals surface area contributed by atoms with Gasteiger partial charge < -0.3 is 15.0 Å². The second-order valence-corrected chi connectivity index (χ2v) is 7.85. The SMILES string of the molecule is CO[C@H]1CCC[C@H](C(=O)NCC2CCN(c3nc(C)cc(C)n3)CC2)C1. The summed E-state index contributed by atoms with van der Waals surface area (Å²) in [6.07, 6.45) is 6.42. The summed E-state index contributed by atoms with van der Waals surface area (Å²) in [4.78, 5) is 23.9. The summed E-state index contributed by atoms with van der Waals surface area (Å²) < 4.78 is 5.44. The van der Waals surface area contributed by atoms with Crippen LogP contribution in [0, 0.1) is 25.7 Å². The molecule has 3 rings (SSSR count). The second-order valence-electron chi connectivity index (χ2n) is 7.85. The largest absolute Gasteiger partial charge is 0.381 e. The maximum Gasteiger partial charge on any atom is 0.225 e. The lowest BCUT2D eigenvalue weighted by atomic mass is 9.86. The van der Waals surface area contributed by atoms with Crippen molar-refractivity contribution in [2.45, 2.75) is 58.5 Å². The molecule has 26 heavy (non-hydrogen) atoms. The Hall–Kier alpha value is -1.69. The zero-order valence-electron chi connectivity index (χ0n) is 16.3. The molecule has 2 fully saturated rings. The van der Waals surface area contributed by atoms with E-state index < -0.39 is 0 Å². The fourth-order valence-corrected chi connectivity index (χ4v) is 4.17. The smallest absolute Gasteiger partial charge is 0.225 e. The molecule has 6 nitrogen and oxygen atoms in total. The number of carbonyl (C=O) groups excluding carboxylic acids is 1. The van der Waals surface area contributed by atoms with E-state index in [1.807, 2.05) is 19.9 Å². The Labute approximate surface area is 156 Å². The van der Waals surface area contributed by atoms with E-state index in [-0.39, 0.29) is 17.9 Å². The summed E-state index contributed by atoms with van der Waals surface area (Å²) in [5.74, 6) is 1.73. The first kappa shape index (κ1) is 19.1. The summed E-state index contributed by atoms with van der Waals surface area (Å²) in [5.41, 5.74) is 2.03. The molecule has 2 aliphatic rings. The highest BCUT2D eigenvalue weighted by molar-refractivity contribution is 5.78. The van der Waals surface area contributed by atoms with Crippen LogP contribution in [0.2, 0.25) is 0 Å². The van der Waals surface area contributed by atoms with E-state index in [0.717, 1.165) is 75.5 Å².